The molecule has 1 aromatic carbocycles. The Balaban J connectivity index is 1.80. The van der Waals surface area contributed by atoms with Gasteiger partial charge in [-0.05, 0) is 52.7 Å². The van der Waals surface area contributed by atoms with Gasteiger partial charge >= 0.3 is 0 Å². The second kappa shape index (κ2) is 7.72. The number of fused-ring (bicyclic) bond motifs is 1. The van der Waals surface area contributed by atoms with Crippen molar-refractivity contribution in [3.63, 3.8) is 0 Å². The van der Waals surface area contributed by atoms with E-state index in [2.05, 4.69) is 50.9 Å². The molecule has 3 heterocycles. The summed E-state index contributed by atoms with van der Waals surface area (Å²) >= 11 is 5.49. The standard InChI is InChI=1S/C20H22BrN3O2S/c1-4-26-16-10-13(9-14(21)19(16)25-3)18-17(15-7-5-6-8-22-15)23-20-24(18)11-12(2)27-20/h5-10,12,17-18H,4,11H2,1-3H3/t12-,17-,18-/m1/s1. The zero-order valence-corrected chi connectivity index (χ0v) is 18.0. The topological polar surface area (TPSA) is 47.0 Å². The summed E-state index contributed by atoms with van der Waals surface area (Å²) in [5, 5.41) is 1.64. The Morgan fingerprint density at radius 3 is 2.89 bits per heavy atom. The van der Waals surface area contributed by atoms with Gasteiger partial charge in [0.1, 0.15) is 6.04 Å². The fraction of sp³-hybridized carbons (Fsp3) is 0.400. The fourth-order valence-corrected chi connectivity index (χ4v) is 5.41. The van der Waals surface area contributed by atoms with Crippen molar-refractivity contribution in [1.29, 1.82) is 0 Å². The first-order valence-electron chi connectivity index (χ1n) is 9.04. The van der Waals surface area contributed by atoms with E-state index in [1.54, 1.807) is 7.11 Å². The number of benzene rings is 1. The molecule has 0 aliphatic carbocycles. The molecule has 27 heavy (non-hydrogen) atoms. The van der Waals surface area contributed by atoms with Crippen molar-refractivity contribution < 1.29 is 9.47 Å². The molecule has 0 saturated carbocycles. The number of thioether (sulfide) groups is 1. The number of hydrogen-bond donors (Lipinski definition) is 0. The number of hydrogen-bond acceptors (Lipinski definition) is 6. The summed E-state index contributed by atoms with van der Waals surface area (Å²) in [6.07, 6.45) is 1.83. The van der Waals surface area contributed by atoms with Gasteiger partial charge in [0.2, 0.25) is 0 Å². The normalized spacial score (nSPS) is 23.9. The number of rotatable bonds is 5. The maximum atomic E-state index is 5.85. The molecule has 1 fully saturated rings. The first-order chi connectivity index (χ1) is 13.1. The van der Waals surface area contributed by atoms with Crippen LogP contribution in [0.2, 0.25) is 0 Å². The van der Waals surface area contributed by atoms with Gasteiger partial charge in [-0.3, -0.25) is 9.98 Å². The molecule has 0 unspecified atom stereocenters. The van der Waals surface area contributed by atoms with Gasteiger partial charge in [0.15, 0.2) is 16.7 Å². The highest BCUT2D eigenvalue weighted by Gasteiger charge is 2.43. The maximum absolute atomic E-state index is 5.85. The highest BCUT2D eigenvalue weighted by atomic mass is 79.9. The summed E-state index contributed by atoms with van der Waals surface area (Å²) in [6, 6.07) is 10.3. The molecule has 1 saturated heterocycles. The van der Waals surface area contributed by atoms with Crippen molar-refractivity contribution in [2.75, 3.05) is 20.3 Å². The minimum atomic E-state index is -0.0315. The molecule has 4 rings (SSSR count). The molecule has 0 amide bonds. The van der Waals surface area contributed by atoms with Crippen LogP contribution in [0.5, 0.6) is 11.5 Å². The van der Waals surface area contributed by atoms with E-state index in [4.69, 9.17) is 14.5 Å². The highest BCUT2D eigenvalue weighted by Crippen LogP contribution is 2.49. The lowest BCUT2D eigenvalue weighted by atomic mass is 9.96. The smallest absolute Gasteiger partial charge is 0.174 e. The maximum Gasteiger partial charge on any atom is 0.174 e. The van der Waals surface area contributed by atoms with E-state index in [0.717, 1.165) is 38.9 Å². The van der Waals surface area contributed by atoms with Crippen LogP contribution in [0, 0.1) is 0 Å². The number of aliphatic imine (C=N–C) groups is 1. The van der Waals surface area contributed by atoms with Crippen LogP contribution < -0.4 is 9.47 Å². The molecule has 0 N–H and O–H groups in total. The molecule has 0 spiro atoms. The number of methoxy groups -OCH3 is 1. The van der Waals surface area contributed by atoms with Crippen molar-refractivity contribution in [1.82, 2.24) is 9.88 Å². The van der Waals surface area contributed by atoms with Gasteiger partial charge in [0, 0.05) is 18.0 Å². The van der Waals surface area contributed by atoms with Crippen molar-refractivity contribution in [2.24, 2.45) is 4.99 Å². The summed E-state index contributed by atoms with van der Waals surface area (Å²) in [5.41, 5.74) is 2.14. The Hall–Kier alpha value is -1.73. The van der Waals surface area contributed by atoms with Crippen molar-refractivity contribution >= 4 is 32.9 Å². The summed E-state index contributed by atoms with van der Waals surface area (Å²) in [7, 11) is 1.66. The SMILES string of the molecule is CCOc1cc([C@@H]2[C@@H](c3ccccn3)N=C3S[C@H](C)CN32)cc(Br)c1OC. The van der Waals surface area contributed by atoms with Crippen LogP contribution in [0.3, 0.4) is 0 Å². The highest BCUT2D eigenvalue weighted by molar-refractivity contribution is 9.10. The van der Waals surface area contributed by atoms with Crippen LogP contribution in [0.1, 0.15) is 37.2 Å². The number of amidine groups is 1. The Morgan fingerprint density at radius 1 is 1.33 bits per heavy atom. The molecular weight excluding hydrogens is 426 g/mol. The second-order valence-corrected chi connectivity index (χ2v) is 8.86. The lowest BCUT2D eigenvalue weighted by Crippen LogP contribution is -2.28. The van der Waals surface area contributed by atoms with Gasteiger partial charge < -0.3 is 14.4 Å². The molecule has 1 aromatic heterocycles. The number of nitrogens with zero attached hydrogens (tertiary/aromatic N) is 3. The van der Waals surface area contributed by atoms with Gasteiger partial charge in [0.25, 0.3) is 0 Å². The van der Waals surface area contributed by atoms with Gasteiger partial charge in [-0.1, -0.05) is 24.8 Å². The monoisotopic (exact) mass is 447 g/mol. The van der Waals surface area contributed by atoms with Crippen molar-refractivity contribution in [3.8, 4) is 11.5 Å². The van der Waals surface area contributed by atoms with Crippen LogP contribution in [0.25, 0.3) is 0 Å². The predicted molar refractivity (Wildman–Crippen MR) is 113 cm³/mol. The largest absolute Gasteiger partial charge is 0.492 e. The molecule has 142 valence electrons. The predicted octanol–water partition coefficient (Wildman–Crippen LogP) is 4.84. The first kappa shape index (κ1) is 18.6. The lowest BCUT2D eigenvalue weighted by Gasteiger charge is -2.28. The van der Waals surface area contributed by atoms with E-state index >= 15 is 0 Å². The molecule has 3 atom stereocenters. The Kier molecular flexibility index (Phi) is 5.32. The third kappa shape index (κ3) is 3.43. The van der Waals surface area contributed by atoms with Crippen molar-refractivity contribution in [3.05, 3.63) is 52.3 Å². The van der Waals surface area contributed by atoms with E-state index in [9.17, 15) is 0 Å². The molecule has 0 radical (unpaired) electrons. The Morgan fingerprint density at radius 2 is 2.19 bits per heavy atom. The molecule has 2 aliphatic heterocycles. The van der Waals surface area contributed by atoms with E-state index in [-0.39, 0.29) is 12.1 Å². The summed E-state index contributed by atoms with van der Waals surface area (Å²) in [5.74, 6) is 1.47. The van der Waals surface area contributed by atoms with Gasteiger partial charge in [-0.2, -0.15) is 0 Å². The van der Waals surface area contributed by atoms with Crippen LogP contribution in [0.4, 0.5) is 0 Å². The zero-order valence-electron chi connectivity index (χ0n) is 15.6. The zero-order chi connectivity index (χ0) is 19.0. The quantitative estimate of drug-likeness (QED) is 0.655. The summed E-state index contributed by atoms with van der Waals surface area (Å²) in [4.78, 5) is 12.0. The van der Waals surface area contributed by atoms with E-state index in [0.29, 0.717) is 11.9 Å². The number of aromatic nitrogens is 1. The fourth-order valence-electron chi connectivity index (χ4n) is 3.70. The summed E-state index contributed by atoms with van der Waals surface area (Å²) in [6.45, 7) is 5.78. The third-order valence-electron chi connectivity index (χ3n) is 4.76. The number of halogens is 1. The Bertz CT molecular complexity index is 862. The molecule has 2 aliphatic rings. The van der Waals surface area contributed by atoms with Gasteiger partial charge in [-0.25, -0.2) is 0 Å². The summed E-state index contributed by atoms with van der Waals surface area (Å²) < 4.78 is 12.3. The minimum Gasteiger partial charge on any atom is -0.492 e. The first-order valence-corrected chi connectivity index (χ1v) is 10.7. The average molecular weight is 448 g/mol. The minimum absolute atomic E-state index is 0.0315. The molecule has 5 nitrogen and oxygen atoms in total. The molecule has 2 aromatic rings. The Labute approximate surface area is 172 Å². The van der Waals surface area contributed by atoms with Gasteiger partial charge in [-0.15, -0.1) is 0 Å². The van der Waals surface area contributed by atoms with Crippen LogP contribution >= 0.6 is 27.7 Å². The third-order valence-corrected chi connectivity index (χ3v) is 6.45. The molecule has 0 bridgehead atoms. The average Bonchev–Trinajstić information content (AvgIpc) is 3.18. The molecular formula is C20H22BrN3O2S. The van der Waals surface area contributed by atoms with Crippen LogP contribution in [0.15, 0.2) is 46.0 Å². The van der Waals surface area contributed by atoms with E-state index < -0.39 is 0 Å². The second-order valence-electron chi connectivity index (χ2n) is 6.60. The number of pyridine rings is 1. The van der Waals surface area contributed by atoms with E-state index in [1.165, 1.54) is 0 Å². The van der Waals surface area contributed by atoms with Gasteiger partial charge in [0.05, 0.1) is 29.9 Å². The van der Waals surface area contributed by atoms with Crippen LogP contribution in [-0.4, -0.2) is 40.6 Å². The molecule has 7 heteroatoms. The lowest BCUT2D eigenvalue weighted by molar-refractivity contribution is 0.301. The van der Waals surface area contributed by atoms with Crippen LogP contribution in [-0.2, 0) is 0 Å². The number of ether oxygens (including phenoxy) is 2. The van der Waals surface area contributed by atoms with E-state index in [1.807, 2.05) is 37.0 Å². The van der Waals surface area contributed by atoms with Crippen molar-refractivity contribution in [2.45, 2.75) is 31.2 Å².